The van der Waals surface area contributed by atoms with E-state index in [0.29, 0.717) is 36.9 Å². The molecule has 0 aliphatic carbocycles. The van der Waals surface area contributed by atoms with Crippen LogP contribution in [0.4, 0.5) is 0 Å². The Labute approximate surface area is 198 Å². The molecule has 1 aromatic carbocycles. The Kier molecular flexibility index (Phi) is 7.48. The number of aliphatic imine (C=N–C) groups is 2. The second-order valence-corrected chi connectivity index (χ2v) is 9.30. The number of hydrogen-bond donors (Lipinski definition) is 3. The summed E-state index contributed by atoms with van der Waals surface area (Å²) in [6.07, 6.45) is 4.43. The van der Waals surface area contributed by atoms with Crippen LogP contribution in [0.5, 0.6) is 0 Å². The van der Waals surface area contributed by atoms with Crippen molar-refractivity contribution >= 4 is 21.7 Å². The molecular weight excluding hydrogens is 454 g/mol. The molecule has 4 rings (SSSR count). The summed E-state index contributed by atoms with van der Waals surface area (Å²) in [6, 6.07) is 13.2. The number of morpholine rings is 1. The van der Waals surface area contributed by atoms with Crippen LogP contribution in [0.1, 0.15) is 11.3 Å². The first-order chi connectivity index (χ1) is 16.4. The third-order valence-corrected chi connectivity index (χ3v) is 6.28. The summed E-state index contributed by atoms with van der Waals surface area (Å²) < 4.78 is 28.9. The van der Waals surface area contributed by atoms with E-state index in [-0.39, 0.29) is 10.7 Å². The summed E-state index contributed by atoms with van der Waals surface area (Å²) in [6.45, 7) is 4.41. The Morgan fingerprint density at radius 1 is 1.15 bits per heavy atom. The molecule has 3 heterocycles. The standard InChI is InChI=1S/C23H27N7O3S/c24-22(18-14-19(16-26-15-18)34(25,31)32)29-23(28-8-9-30-10-12-33-13-11-30)21-20(6-7-27-21)17-4-2-1-3-5-17/h1-7,14-16,27H,8-13H2,(H2,24,28,29)(H2,25,31,32). The molecular formula is C23H27N7O3S. The van der Waals surface area contributed by atoms with Crippen LogP contribution in [0.3, 0.4) is 0 Å². The maximum atomic E-state index is 11.7. The van der Waals surface area contributed by atoms with Crippen molar-refractivity contribution in [2.75, 3.05) is 39.4 Å². The third kappa shape index (κ3) is 5.94. The molecule has 2 aromatic heterocycles. The molecule has 1 aliphatic heterocycles. The van der Waals surface area contributed by atoms with Gasteiger partial charge in [-0.3, -0.25) is 14.9 Å². The van der Waals surface area contributed by atoms with Gasteiger partial charge in [0.25, 0.3) is 0 Å². The first kappa shape index (κ1) is 23.8. The van der Waals surface area contributed by atoms with E-state index >= 15 is 0 Å². The average Bonchev–Trinajstić information content (AvgIpc) is 3.34. The van der Waals surface area contributed by atoms with Gasteiger partial charge in [-0.25, -0.2) is 18.5 Å². The number of nitrogens with two attached hydrogens (primary N) is 2. The molecule has 0 amide bonds. The molecule has 0 radical (unpaired) electrons. The minimum absolute atomic E-state index is 0.0803. The van der Waals surface area contributed by atoms with E-state index in [0.717, 1.165) is 30.8 Å². The fourth-order valence-corrected chi connectivity index (χ4v) is 4.10. The van der Waals surface area contributed by atoms with Gasteiger partial charge in [-0.05, 0) is 17.7 Å². The van der Waals surface area contributed by atoms with Gasteiger partial charge in [0, 0.05) is 49.4 Å². The molecule has 0 bridgehead atoms. The first-order valence-electron chi connectivity index (χ1n) is 10.8. The molecule has 11 heteroatoms. The van der Waals surface area contributed by atoms with E-state index in [4.69, 9.17) is 20.6 Å². The van der Waals surface area contributed by atoms with Crippen molar-refractivity contribution in [3.63, 3.8) is 0 Å². The zero-order chi connectivity index (χ0) is 24.0. The predicted octanol–water partition coefficient (Wildman–Crippen LogP) is 1.21. The molecule has 178 valence electrons. The normalized spacial score (nSPS) is 16.0. The number of H-pyrrole nitrogens is 1. The molecule has 34 heavy (non-hydrogen) atoms. The van der Waals surface area contributed by atoms with Crippen LogP contribution in [0.15, 0.2) is 75.9 Å². The monoisotopic (exact) mass is 481 g/mol. The summed E-state index contributed by atoms with van der Waals surface area (Å²) in [5, 5.41) is 5.23. The summed E-state index contributed by atoms with van der Waals surface area (Å²) in [4.78, 5) is 18.6. The molecule has 1 saturated heterocycles. The Balaban J connectivity index is 1.69. The van der Waals surface area contributed by atoms with Crippen LogP contribution in [-0.4, -0.2) is 74.3 Å². The van der Waals surface area contributed by atoms with Crippen molar-refractivity contribution in [2.24, 2.45) is 20.9 Å². The summed E-state index contributed by atoms with van der Waals surface area (Å²) in [7, 11) is -3.93. The highest BCUT2D eigenvalue weighted by Crippen LogP contribution is 2.24. The molecule has 3 aromatic rings. The van der Waals surface area contributed by atoms with E-state index in [1.165, 1.54) is 18.5 Å². The Hall–Kier alpha value is -3.38. The second kappa shape index (κ2) is 10.7. The van der Waals surface area contributed by atoms with Crippen LogP contribution < -0.4 is 10.9 Å². The number of aromatic amines is 1. The fraction of sp³-hybridized carbons (Fsp3) is 0.261. The van der Waals surface area contributed by atoms with Gasteiger partial charge in [0.15, 0.2) is 5.84 Å². The molecule has 0 saturated carbocycles. The lowest BCUT2D eigenvalue weighted by Gasteiger charge is -2.25. The van der Waals surface area contributed by atoms with Crippen molar-refractivity contribution in [2.45, 2.75) is 4.90 Å². The van der Waals surface area contributed by atoms with Gasteiger partial charge in [-0.15, -0.1) is 0 Å². The van der Waals surface area contributed by atoms with Crippen molar-refractivity contribution < 1.29 is 13.2 Å². The summed E-state index contributed by atoms with van der Waals surface area (Å²) in [5.74, 6) is 0.493. The maximum Gasteiger partial charge on any atom is 0.239 e. The minimum atomic E-state index is -3.93. The number of hydrogen-bond acceptors (Lipinski definition) is 6. The van der Waals surface area contributed by atoms with Crippen LogP contribution in [0.25, 0.3) is 11.1 Å². The molecule has 10 nitrogen and oxygen atoms in total. The van der Waals surface area contributed by atoms with Crippen LogP contribution in [0.2, 0.25) is 0 Å². The molecule has 1 aliphatic rings. The fourth-order valence-electron chi connectivity index (χ4n) is 3.60. The van der Waals surface area contributed by atoms with E-state index < -0.39 is 10.0 Å². The van der Waals surface area contributed by atoms with Gasteiger partial charge < -0.3 is 15.5 Å². The smallest absolute Gasteiger partial charge is 0.239 e. The lowest BCUT2D eigenvalue weighted by atomic mass is 10.1. The first-order valence-corrected chi connectivity index (χ1v) is 12.4. The molecule has 5 N–H and O–H groups in total. The number of nitrogens with zero attached hydrogens (tertiary/aromatic N) is 4. The quantitative estimate of drug-likeness (QED) is 0.341. The van der Waals surface area contributed by atoms with E-state index in [2.05, 4.69) is 19.9 Å². The lowest BCUT2D eigenvalue weighted by molar-refractivity contribution is 0.0394. The topological polar surface area (TPSA) is 152 Å². The Morgan fingerprint density at radius 3 is 2.65 bits per heavy atom. The van der Waals surface area contributed by atoms with E-state index in [1.54, 1.807) is 0 Å². The third-order valence-electron chi connectivity index (χ3n) is 5.40. The SMILES string of the molecule is NC(=NC(=NCCN1CCOCC1)c1[nH]ccc1-c1ccccc1)c1cncc(S(N)(=O)=O)c1. The number of primary sulfonamides is 1. The van der Waals surface area contributed by atoms with Crippen LogP contribution in [0, 0.1) is 0 Å². The van der Waals surface area contributed by atoms with Crippen molar-refractivity contribution in [3.05, 3.63) is 72.3 Å². The highest BCUT2D eigenvalue weighted by Gasteiger charge is 2.16. The Bertz CT molecular complexity index is 1280. The Morgan fingerprint density at radius 2 is 1.91 bits per heavy atom. The molecule has 0 unspecified atom stereocenters. The highest BCUT2D eigenvalue weighted by atomic mass is 32.2. The minimum Gasteiger partial charge on any atom is -0.383 e. The number of sulfonamides is 1. The molecule has 0 spiro atoms. The number of rotatable bonds is 7. The van der Waals surface area contributed by atoms with Crippen molar-refractivity contribution in [3.8, 4) is 11.1 Å². The largest absolute Gasteiger partial charge is 0.383 e. The van der Waals surface area contributed by atoms with Gasteiger partial charge in [0.2, 0.25) is 10.0 Å². The van der Waals surface area contributed by atoms with Gasteiger partial charge >= 0.3 is 0 Å². The van der Waals surface area contributed by atoms with E-state index in [9.17, 15) is 8.42 Å². The maximum absolute atomic E-state index is 11.7. The average molecular weight is 482 g/mol. The predicted molar refractivity (Wildman–Crippen MR) is 131 cm³/mol. The van der Waals surface area contributed by atoms with Crippen LogP contribution in [-0.2, 0) is 14.8 Å². The zero-order valence-electron chi connectivity index (χ0n) is 18.6. The number of ether oxygens (including phenoxy) is 1. The second-order valence-electron chi connectivity index (χ2n) is 7.74. The number of benzene rings is 1. The number of amidine groups is 2. The van der Waals surface area contributed by atoms with Crippen LogP contribution >= 0.6 is 0 Å². The summed E-state index contributed by atoms with van der Waals surface area (Å²) in [5.41, 5.74) is 9.25. The number of nitrogens with one attached hydrogen (secondary N) is 1. The number of pyridine rings is 1. The molecule has 1 fully saturated rings. The summed E-state index contributed by atoms with van der Waals surface area (Å²) >= 11 is 0. The van der Waals surface area contributed by atoms with Crippen molar-refractivity contribution in [1.82, 2.24) is 14.9 Å². The van der Waals surface area contributed by atoms with Crippen molar-refractivity contribution in [1.29, 1.82) is 0 Å². The number of aromatic nitrogens is 2. The van der Waals surface area contributed by atoms with Gasteiger partial charge in [0.05, 0.1) is 25.5 Å². The zero-order valence-corrected chi connectivity index (χ0v) is 19.4. The lowest BCUT2D eigenvalue weighted by Crippen LogP contribution is -2.37. The van der Waals surface area contributed by atoms with E-state index in [1.807, 2.05) is 42.6 Å². The van der Waals surface area contributed by atoms with Gasteiger partial charge in [-0.2, -0.15) is 0 Å². The van der Waals surface area contributed by atoms with Gasteiger partial charge in [-0.1, -0.05) is 30.3 Å². The highest BCUT2D eigenvalue weighted by molar-refractivity contribution is 7.89. The van der Waals surface area contributed by atoms with Gasteiger partial charge in [0.1, 0.15) is 10.7 Å². The molecule has 0 atom stereocenters.